The van der Waals surface area contributed by atoms with Gasteiger partial charge < -0.3 is 15.0 Å². The van der Waals surface area contributed by atoms with E-state index >= 15 is 0 Å². The Bertz CT molecular complexity index is 1230. The molecule has 3 heterocycles. The molecule has 3 aromatic heterocycles. The summed E-state index contributed by atoms with van der Waals surface area (Å²) >= 11 is 0. The van der Waals surface area contributed by atoms with Crippen LogP contribution < -0.4 is 5.73 Å². The van der Waals surface area contributed by atoms with Gasteiger partial charge >= 0.3 is 0 Å². The van der Waals surface area contributed by atoms with E-state index in [1.54, 1.807) is 18.3 Å². The maximum absolute atomic E-state index is 14.4. The van der Waals surface area contributed by atoms with Gasteiger partial charge in [-0.15, -0.1) is 0 Å². The molecule has 10 heteroatoms. The molecule has 0 atom stereocenters. The van der Waals surface area contributed by atoms with Crippen LogP contribution in [0.5, 0.6) is 0 Å². The summed E-state index contributed by atoms with van der Waals surface area (Å²) < 4.78 is 37.8. The topological polar surface area (TPSA) is 83.3 Å². The van der Waals surface area contributed by atoms with Crippen molar-refractivity contribution >= 4 is 19.3 Å². The highest BCUT2D eigenvalue weighted by molar-refractivity contribution is 6.76. The van der Waals surface area contributed by atoms with Crippen LogP contribution in [-0.2, 0) is 11.5 Å². The van der Waals surface area contributed by atoms with Crippen molar-refractivity contribution < 1.29 is 13.5 Å². The van der Waals surface area contributed by atoms with Gasteiger partial charge in [0.1, 0.15) is 24.6 Å². The summed E-state index contributed by atoms with van der Waals surface area (Å²) in [5.41, 5.74) is 6.56. The molecule has 0 amide bonds. The van der Waals surface area contributed by atoms with E-state index in [9.17, 15) is 8.78 Å². The summed E-state index contributed by atoms with van der Waals surface area (Å²) in [5.74, 6) is -0.936. The normalized spacial score (nSPS) is 12.0. The first-order valence-corrected chi connectivity index (χ1v) is 13.6. The number of imidazole rings is 2. The quantitative estimate of drug-likeness (QED) is 0.260. The fraction of sp³-hybridized carbons (Fsp3) is 0.286. The first-order chi connectivity index (χ1) is 14.7. The van der Waals surface area contributed by atoms with Crippen molar-refractivity contribution in [1.29, 1.82) is 0 Å². The Morgan fingerprint density at radius 2 is 1.90 bits per heavy atom. The Balaban J connectivity index is 1.62. The van der Waals surface area contributed by atoms with E-state index in [1.165, 1.54) is 16.9 Å². The number of nitrogen functional groups attached to an aromatic ring is 1. The molecule has 0 unspecified atom stereocenters. The second-order valence-corrected chi connectivity index (χ2v) is 14.2. The van der Waals surface area contributed by atoms with Gasteiger partial charge in [-0.3, -0.25) is 0 Å². The number of nitrogens with two attached hydrogens (primary N) is 1. The van der Waals surface area contributed by atoms with E-state index in [4.69, 9.17) is 10.5 Å². The van der Waals surface area contributed by atoms with Crippen LogP contribution >= 0.6 is 0 Å². The van der Waals surface area contributed by atoms with Crippen LogP contribution in [0.1, 0.15) is 0 Å². The summed E-state index contributed by atoms with van der Waals surface area (Å²) in [6.07, 6.45) is 5.00. The van der Waals surface area contributed by atoms with Gasteiger partial charge in [-0.1, -0.05) is 19.6 Å². The number of hydrogen-bond acceptors (Lipinski definition) is 5. The number of hydrogen-bond donors (Lipinski definition) is 1. The molecule has 162 valence electrons. The molecule has 0 radical (unpaired) electrons. The number of nitrogens with zero attached hydrogens (tertiary/aromatic N) is 5. The number of benzene rings is 1. The Morgan fingerprint density at radius 1 is 1.10 bits per heavy atom. The highest BCUT2D eigenvalue weighted by Crippen LogP contribution is 2.29. The number of rotatable bonds is 7. The van der Waals surface area contributed by atoms with E-state index in [-0.39, 0.29) is 16.9 Å². The van der Waals surface area contributed by atoms with Gasteiger partial charge in [0.15, 0.2) is 11.6 Å². The zero-order valence-electron chi connectivity index (χ0n) is 17.6. The largest absolute Gasteiger partial charge is 0.396 e. The Kier molecular flexibility index (Phi) is 5.59. The molecule has 0 spiro atoms. The third-order valence-corrected chi connectivity index (χ3v) is 6.64. The van der Waals surface area contributed by atoms with Gasteiger partial charge in [0.05, 0.1) is 22.5 Å². The number of aromatic nitrogens is 5. The van der Waals surface area contributed by atoms with Gasteiger partial charge in [0.25, 0.3) is 0 Å². The average Bonchev–Trinajstić information content (AvgIpc) is 3.34. The molecule has 0 saturated heterocycles. The molecule has 2 N–H and O–H groups in total. The van der Waals surface area contributed by atoms with Crippen molar-refractivity contribution in [2.45, 2.75) is 32.4 Å². The minimum absolute atomic E-state index is 0.122. The molecule has 0 fully saturated rings. The van der Waals surface area contributed by atoms with E-state index in [0.717, 1.165) is 12.1 Å². The monoisotopic (exact) mass is 442 g/mol. The van der Waals surface area contributed by atoms with Crippen molar-refractivity contribution in [3.63, 3.8) is 0 Å². The lowest BCUT2D eigenvalue weighted by molar-refractivity contribution is 0.0882. The summed E-state index contributed by atoms with van der Waals surface area (Å²) in [7, 11) is -1.16. The lowest BCUT2D eigenvalue weighted by atomic mass is 10.1. The molecule has 0 aliphatic rings. The van der Waals surface area contributed by atoms with Crippen molar-refractivity contribution in [2.75, 3.05) is 12.3 Å². The molecular formula is C21H24F2N6OSi. The second kappa shape index (κ2) is 8.20. The third-order valence-electron chi connectivity index (χ3n) is 4.93. The van der Waals surface area contributed by atoms with Crippen LogP contribution in [0.4, 0.5) is 14.5 Å². The minimum Gasteiger partial charge on any atom is -0.396 e. The van der Waals surface area contributed by atoms with Gasteiger partial charge in [0.2, 0.25) is 0 Å². The summed E-state index contributed by atoms with van der Waals surface area (Å²) in [4.78, 5) is 8.83. The molecular weight excluding hydrogens is 418 g/mol. The van der Waals surface area contributed by atoms with E-state index in [1.807, 2.05) is 10.8 Å². The average molecular weight is 443 g/mol. The van der Waals surface area contributed by atoms with Gasteiger partial charge in [0, 0.05) is 27.1 Å². The molecule has 4 aromatic rings. The lowest BCUT2D eigenvalue weighted by Gasteiger charge is -2.15. The highest BCUT2D eigenvalue weighted by atomic mass is 28.3. The van der Waals surface area contributed by atoms with Crippen molar-refractivity contribution in [2.24, 2.45) is 0 Å². The molecule has 4 rings (SSSR count). The first-order valence-electron chi connectivity index (χ1n) is 9.92. The van der Waals surface area contributed by atoms with E-state index < -0.39 is 19.7 Å². The van der Waals surface area contributed by atoms with Crippen LogP contribution in [0.3, 0.4) is 0 Å². The zero-order valence-corrected chi connectivity index (χ0v) is 18.6. The molecule has 0 bridgehead atoms. The molecule has 0 saturated carbocycles. The Labute approximate surface area is 179 Å². The van der Waals surface area contributed by atoms with Crippen LogP contribution in [0.25, 0.3) is 28.3 Å². The van der Waals surface area contributed by atoms with Crippen LogP contribution in [0, 0.1) is 11.6 Å². The standard InChI is InChI=1S/C21H24F2N6OSi/c1-31(2,3)11-10-30-13-28-9-8-25-21(28)20-17-7-6-16(27-29(17)12-26-20)18-14(22)4-5-15(24)19(18)23/h4-9,12H,10-11,13,24H2,1-3H3. The predicted octanol–water partition coefficient (Wildman–Crippen LogP) is 4.43. The number of anilines is 1. The minimum atomic E-state index is -1.16. The third kappa shape index (κ3) is 4.35. The summed E-state index contributed by atoms with van der Waals surface area (Å²) in [6.45, 7) is 7.97. The number of ether oxygens (including phenoxy) is 1. The molecule has 0 aliphatic heterocycles. The van der Waals surface area contributed by atoms with Crippen LogP contribution in [0.2, 0.25) is 25.7 Å². The van der Waals surface area contributed by atoms with E-state index in [0.29, 0.717) is 30.4 Å². The number of halogens is 2. The zero-order chi connectivity index (χ0) is 22.2. The van der Waals surface area contributed by atoms with E-state index in [2.05, 4.69) is 34.7 Å². The van der Waals surface area contributed by atoms with Crippen LogP contribution in [0.15, 0.2) is 43.0 Å². The maximum atomic E-state index is 14.4. The van der Waals surface area contributed by atoms with Crippen molar-refractivity contribution in [3.05, 3.63) is 54.6 Å². The molecule has 31 heavy (non-hydrogen) atoms. The molecule has 7 nitrogen and oxygen atoms in total. The molecule has 1 aromatic carbocycles. The maximum Gasteiger partial charge on any atom is 0.162 e. The van der Waals surface area contributed by atoms with Crippen molar-refractivity contribution in [1.82, 2.24) is 24.1 Å². The smallest absolute Gasteiger partial charge is 0.162 e. The fourth-order valence-corrected chi connectivity index (χ4v) is 3.93. The Hall–Kier alpha value is -3.11. The van der Waals surface area contributed by atoms with Gasteiger partial charge in [-0.2, -0.15) is 5.10 Å². The first kappa shape index (κ1) is 21.1. The fourth-order valence-electron chi connectivity index (χ4n) is 3.17. The van der Waals surface area contributed by atoms with Crippen LogP contribution in [-0.4, -0.2) is 38.8 Å². The van der Waals surface area contributed by atoms with Crippen molar-refractivity contribution in [3.8, 4) is 22.8 Å². The van der Waals surface area contributed by atoms with Gasteiger partial charge in [-0.25, -0.2) is 23.3 Å². The number of fused-ring (bicyclic) bond motifs is 1. The summed E-state index contributed by atoms with van der Waals surface area (Å²) in [6, 6.07) is 6.64. The second-order valence-electron chi connectivity index (χ2n) is 8.54. The summed E-state index contributed by atoms with van der Waals surface area (Å²) in [5, 5.41) is 4.33. The molecule has 0 aliphatic carbocycles. The van der Waals surface area contributed by atoms with Gasteiger partial charge in [-0.05, 0) is 30.3 Å². The Morgan fingerprint density at radius 3 is 2.68 bits per heavy atom. The SMILES string of the molecule is C[Si](C)(C)CCOCn1ccnc1-c1ncn2nc(-c3c(F)ccc(N)c3F)ccc12. The predicted molar refractivity (Wildman–Crippen MR) is 118 cm³/mol. The highest BCUT2D eigenvalue weighted by Gasteiger charge is 2.19. The lowest BCUT2D eigenvalue weighted by Crippen LogP contribution is -2.22.